The zero-order valence-electron chi connectivity index (χ0n) is 19.6. The van der Waals surface area contributed by atoms with Crippen LogP contribution >= 0.6 is 11.6 Å². The Labute approximate surface area is 209 Å². The maximum Gasteiger partial charge on any atom is 0.410 e. The highest BCUT2D eigenvalue weighted by atomic mass is 35.5. The number of benzene rings is 1. The number of nitrogens with zero attached hydrogens (tertiary/aromatic N) is 4. The van der Waals surface area contributed by atoms with Crippen LogP contribution in [0, 0.1) is 25.3 Å². The zero-order chi connectivity index (χ0) is 25.3. The SMILES string of the molecule is [C-]#[N+]c1ccc(Nc2ncnc(OC3C4CN(C(=O)OC(C)C)CC3CS(=O)(=O)C4)c2C)c(Cl)c1. The number of amides is 1. The van der Waals surface area contributed by atoms with Crippen molar-refractivity contribution in [2.75, 3.05) is 29.9 Å². The van der Waals surface area contributed by atoms with Crippen LogP contribution in [0.2, 0.25) is 5.02 Å². The van der Waals surface area contributed by atoms with Gasteiger partial charge in [0.15, 0.2) is 15.5 Å². The lowest BCUT2D eigenvalue weighted by Gasteiger charge is -2.45. The summed E-state index contributed by atoms with van der Waals surface area (Å²) in [5.74, 6) is -0.158. The first-order chi connectivity index (χ1) is 16.6. The monoisotopic (exact) mass is 519 g/mol. The maximum absolute atomic E-state index is 12.5. The molecule has 2 atom stereocenters. The van der Waals surface area contributed by atoms with Crippen molar-refractivity contribution >= 4 is 44.7 Å². The van der Waals surface area contributed by atoms with Crippen molar-refractivity contribution in [3.8, 4) is 5.88 Å². The van der Waals surface area contributed by atoms with E-state index in [4.69, 9.17) is 27.6 Å². The number of sulfone groups is 1. The molecular weight excluding hydrogens is 494 g/mol. The lowest BCUT2D eigenvalue weighted by atomic mass is 9.87. The molecule has 2 unspecified atom stereocenters. The normalized spacial score (nSPS) is 22.9. The molecule has 2 aromatic rings. The van der Waals surface area contributed by atoms with Gasteiger partial charge in [0.25, 0.3) is 0 Å². The highest BCUT2D eigenvalue weighted by Crippen LogP contribution is 2.36. The molecule has 1 aromatic heterocycles. The zero-order valence-corrected chi connectivity index (χ0v) is 21.1. The van der Waals surface area contributed by atoms with E-state index in [0.717, 1.165) is 0 Å². The summed E-state index contributed by atoms with van der Waals surface area (Å²) in [6.07, 6.45) is 0.220. The van der Waals surface area contributed by atoms with E-state index in [1.807, 2.05) is 0 Å². The third kappa shape index (κ3) is 5.60. The predicted molar refractivity (Wildman–Crippen MR) is 131 cm³/mol. The quantitative estimate of drug-likeness (QED) is 0.589. The van der Waals surface area contributed by atoms with Crippen LogP contribution in [0.3, 0.4) is 0 Å². The molecule has 0 spiro atoms. The Morgan fingerprint density at radius 2 is 1.94 bits per heavy atom. The summed E-state index contributed by atoms with van der Waals surface area (Å²) in [7, 11) is -3.25. The summed E-state index contributed by atoms with van der Waals surface area (Å²) in [6, 6.07) is 4.90. The highest BCUT2D eigenvalue weighted by Gasteiger charge is 2.48. The van der Waals surface area contributed by atoms with Crippen molar-refractivity contribution in [3.63, 3.8) is 0 Å². The Balaban J connectivity index is 1.55. The highest BCUT2D eigenvalue weighted by molar-refractivity contribution is 7.91. The van der Waals surface area contributed by atoms with Crippen molar-refractivity contribution in [3.05, 3.63) is 46.5 Å². The number of halogens is 1. The summed E-state index contributed by atoms with van der Waals surface area (Å²) in [4.78, 5) is 26.0. The van der Waals surface area contributed by atoms with Crippen molar-refractivity contribution in [2.45, 2.75) is 33.0 Å². The molecule has 3 heterocycles. The minimum atomic E-state index is -3.25. The average Bonchev–Trinajstić information content (AvgIpc) is 2.77. The van der Waals surface area contributed by atoms with E-state index in [-0.39, 0.29) is 30.7 Å². The number of piperidine rings is 1. The Kier molecular flexibility index (Phi) is 7.05. The number of likely N-dealkylation sites (tertiary alicyclic amines) is 1. The summed E-state index contributed by atoms with van der Waals surface area (Å²) in [5, 5.41) is 3.52. The second-order valence-electron chi connectivity index (χ2n) is 9.07. The van der Waals surface area contributed by atoms with Crippen LogP contribution in [-0.4, -0.2) is 66.2 Å². The first kappa shape index (κ1) is 25.0. The van der Waals surface area contributed by atoms with E-state index < -0.39 is 33.9 Å². The van der Waals surface area contributed by atoms with Crippen LogP contribution in [0.25, 0.3) is 4.85 Å². The van der Waals surface area contributed by atoms with Gasteiger partial charge < -0.3 is 19.7 Å². The first-order valence-corrected chi connectivity index (χ1v) is 13.3. The Hall–Kier alpha value is -3.10. The van der Waals surface area contributed by atoms with Gasteiger partial charge in [0.2, 0.25) is 5.88 Å². The van der Waals surface area contributed by atoms with Crippen LogP contribution in [0.15, 0.2) is 24.5 Å². The maximum atomic E-state index is 12.5. The van der Waals surface area contributed by atoms with Crippen LogP contribution in [0.5, 0.6) is 5.88 Å². The summed E-state index contributed by atoms with van der Waals surface area (Å²) in [6.45, 7) is 12.9. The van der Waals surface area contributed by atoms with E-state index in [0.29, 0.717) is 33.7 Å². The van der Waals surface area contributed by atoms with Gasteiger partial charge in [0.1, 0.15) is 18.2 Å². The summed E-state index contributed by atoms with van der Waals surface area (Å²) >= 11 is 6.29. The molecule has 2 fully saturated rings. The lowest BCUT2D eigenvalue weighted by Crippen LogP contribution is -2.60. The van der Waals surface area contributed by atoms with Gasteiger partial charge in [-0.2, -0.15) is 0 Å². The molecule has 2 aliphatic rings. The van der Waals surface area contributed by atoms with Crippen LogP contribution in [0.4, 0.5) is 22.0 Å². The number of carbonyl (C=O) groups is 1. The largest absolute Gasteiger partial charge is 0.473 e. The number of aromatic nitrogens is 2. The topological polar surface area (TPSA) is 115 Å². The Morgan fingerprint density at radius 1 is 1.26 bits per heavy atom. The Bertz CT molecular complexity index is 1260. The summed E-state index contributed by atoms with van der Waals surface area (Å²) < 4.78 is 36.5. The van der Waals surface area contributed by atoms with Gasteiger partial charge in [-0.1, -0.05) is 17.7 Å². The number of hydrogen-bond donors (Lipinski definition) is 1. The molecule has 2 aliphatic heterocycles. The number of rotatable bonds is 5. The Morgan fingerprint density at radius 3 is 2.54 bits per heavy atom. The van der Waals surface area contributed by atoms with E-state index in [2.05, 4.69) is 20.1 Å². The van der Waals surface area contributed by atoms with E-state index >= 15 is 0 Å². The molecule has 4 rings (SSSR count). The molecule has 2 saturated heterocycles. The van der Waals surface area contributed by atoms with Gasteiger partial charge in [0, 0.05) is 24.9 Å². The second-order valence-corrected chi connectivity index (χ2v) is 11.6. The molecule has 10 nitrogen and oxygen atoms in total. The molecular formula is C23H26ClN5O5S. The number of carbonyl (C=O) groups excluding carboxylic acids is 1. The molecule has 12 heteroatoms. The fraction of sp³-hybridized carbons (Fsp3) is 0.478. The van der Waals surface area contributed by atoms with Gasteiger partial charge in [0.05, 0.1) is 40.5 Å². The van der Waals surface area contributed by atoms with Crippen molar-refractivity contribution < 1.29 is 22.7 Å². The molecule has 2 bridgehead atoms. The first-order valence-electron chi connectivity index (χ1n) is 11.1. The minimum Gasteiger partial charge on any atom is -0.473 e. The van der Waals surface area contributed by atoms with Crippen molar-refractivity contribution in [1.82, 2.24) is 14.9 Å². The van der Waals surface area contributed by atoms with Crippen LogP contribution < -0.4 is 10.1 Å². The fourth-order valence-electron chi connectivity index (χ4n) is 4.48. The molecule has 0 radical (unpaired) electrons. The number of nitrogens with one attached hydrogen (secondary N) is 1. The summed E-state index contributed by atoms with van der Waals surface area (Å²) in [5.41, 5.74) is 1.63. The van der Waals surface area contributed by atoms with Crippen molar-refractivity contribution in [1.29, 1.82) is 0 Å². The van der Waals surface area contributed by atoms with Gasteiger partial charge in [-0.15, -0.1) is 0 Å². The van der Waals surface area contributed by atoms with Gasteiger partial charge in [-0.05, 0) is 32.9 Å². The van der Waals surface area contributed by atoms with Gasteiger partial charge in [-0.25, -0.2) is 28.0 Å². The van der Waals surface area contributed by atoms with Gasteiger partial charge >= 0.3 is 6.09 Å². The van der Waals surface area contributed by atoms with E-state index in [9.17, 15) is 13.2 Å². The fourth-order valence-corrected chi connectivity index (χ4v) is 6.73. The van der Waals surface area contributed by atoms with E-state index in [1.165, 1.54) is 6.33 Å². The lowest BCUT2D eigenvalue weighted by molar-refractivity contribution is -0.00500. The molecule has 35 heavy (non-hydrogen) atoms. The predicted octanol–water partition coefficient (Wildman–Crippen LogP) is 4.00. The third-order valence-corrected chi connectivity index (χ3v) is 8.17. The standard InChI is InChI=1S/C23H26ClN5O5S/c1-13(2)33-23(30)29-8-15-10-35(31,32)11-16(9-29)20(15)34-22-14(3)21(26-12-27-22)28-19-6-5-17(25-4)7-18(19)24/h5-7,12-13,15-16,20H,8-11H2,1-3H3,(H,26,27,28). The molecule has 1 aromatic carbocycles. The minimum absolute atomic E-state index is 0.0716. The van der Waals surface area contributed by atoms with Gasteiger partial charge in [-0.3, -0.25) is 0 Å². The molecule has 1 N–H and O–H groups in total. The molecule has 0 saturated carbocycles. The second kappa shape index (κ2) is 9.87. The van der Waals surface area contributed by atoms with Crippen LogP contribution in [0.1, 0.15) is 19.4 Å². The molecule has 0 aliphatic carbocycles. The van der Waals surface area contributed by atoms with E-state index in [1.54, 1.807) is 43.9 Å². The molecule has 1 amide bonds. The van der Waals surface area contributed by atoms with Crippen LogP contribution in [-0.2, 0) is 14.6 Å². The number of ether oxygens (including phenoxy) is 2. The number of fused-ring (bicyclic) bond motifs is 2. The molecule has 186 valence electrons. The number of hydrogen-bond acceptors (Lipinski definition) is 8. The average molecular weight is 520 g/mol. The smallest absolute Gasteiger partial charge is 0.410 e. The van der Waals surface area contributed by atoms with Crippen molar-refractivity contribution in [2.24, 2.45) is 11.8 Å². The third-order valence-electron chi connectivity index (χ3n) is 5.99. The number of anilines is 2.